The number of carbonyl (C=O) groups excluding carboxylic acids is 1. The van der Waals surface area contributed by atoms with E-state index in [9.17, 15) is 13.2 Å². The van der Waals surface area contributed by atoms with Gasteiger partial charge in [0.05, 0.1) is 28.2 Å². The van der Waals surface area contributed by atoms with Crippen molar-refractivity contribution in [2.24, 2.45) is 0 Å². The second-order valence-corrected chi connectivity index (χ2v) is 8.24. The second kappa shape index (κ2) is 7.48. The lowest BCUT2D eigenvalue weighted by Gasteiger charge is -2.09. The molecule has 0 unspecified atom stereocenters. The van der Waals surface area contributed by atoms with Crippen molar-refractivity contribution in [2.75, 3.05) is 0 Å². The van der Waals surface area contributed by atoms with Gasteiger partial charge in [0.1, 0.15) is 5.82 Å². The average molecular weight is 406 g/mol. The first-order valence-electron chi connectivity index (χ1n) is 8.94. The van der Waals surface area contributed by atoms with E-state index in [0.29, 0.717) is 29.0 Å². The molecule has 0 aliphatic rings. The highest BCUT2D eigenvalue weighted by molar-refractivity contribution is 7.90. The molecule has 0 saturated heterocycles. The zero-order valence-corrected chi connectivity index (χ0v) is 16.4. The Kier molecular flexibility index (Phi) is 4.85. The number of imidazole rings is 1. The number of aryl methyl sites for hydroxylation is 1. The highest BCUT2D eigenvalue weighted by atomic mass is 32.2. The van der Waals surface area contributed by atoms with Gasteiger partial charge in [0.2, 0.25) is 0 Å². The molecular formula is C21H18N4O3S. The molecule has 146 valence electrons. The van der Waals surface area contributed by atoms with Crippen molar-refractivity contribution in [1.82, 2.24) is 19.3 Å². The summed E-state index contributed by atoms with van der Waals surface area (Å²) in [6, 6.07) is 18.4. The molecule has 1 amide bonds. The number of aromatic nitrogens is 3. The fourth-order valence-electron chi connectivity index (χ4n) is 3.10. The molecule has 0 aliphatic heterocycles. The van der Waals surface area contributed by atoms with Crippen molar-refractivity contribution in [2.45, 2.75) is 18.4 Å². The smallest absolute Gasteiger partial charge is 0.269 e. The first kappa shape index (κ1) is 18.8. The Morgan fingerprint density at radius 1 is 1.03 bits per heavy atom. The van der Waals surface area contributed by atoms with Gasteiger partial charge < -0.3 is 5.32 Å². The maximum Gasteiger partial charge on any atom is 0.269 e. The summed E-state index contributed by atoms with van der Waals surface area (Å²) in [5.41, 5.74) is 2.01. The van der Waals surface area contributed by atoms with Crippen molar-refractivity contribution >= 4 is 27.0 Å². The van der Waals surface area contributed by atoms with Crippen LogP contribution in [0.2, 0.25) is 0 Å². The van der Waals surface area contributed by atoms with Gasteiger partial charge in [-0.1, -0.05) is 24.3 Å². The van der Waals surface area contributed by atoms with E-state index in [0.717, 1.165) is 5.69 Å². The number of hydrogen-bond donors (Lipinski definition) is 1. The Labute approximate surface area is 168 Å². The minimum Gasteiger partial charge on any atom is -0.346 e. The van der Waals surface area contributed by atoms with Gasteiger partial charge in [-0.25, -0.2) is 17.4 Å². The Morgan fingerprint density at radius 2 is 1.79 bits per heavy atom. The molecule has 0 fully saturated rings. The molecule has 4 rings (SSSR count). The predicted molar refractivity (Wildman–Crippen MR) is 109 cm³/mol. The maximum absolute atomic E-state index is 13.0. The van der Waals surface area contributed by atoms with E-state index < -0.39 is 10.0 Å². The molecule has 2 heterocycles. The van der Waals surface area contributed by atoms with Crippen LogP contribution in [0.3, 0.4) is 0 Å². The SMILES string of the molecule is Cc1nc2cc(C(=O)NCc3ccccn3)ccc2n1S(=O)(=O)c1ccccc1. The van der Waals surface area contributed by atoms with Crippen molar-refractivity contribution in [3.05, 3.63) is 90.0 Å². The summed E-state index contributed by atoms with van der Waals surface area (Å²) in [4.78, 5) is 21.2. The van der Waals surface area contributed by atoms with E-state index >= 15 is 0 Å². The standard InChI is InChI=1S/C21H18N4O3S/c1-15-24-19-13-16(21(26)23-14-17-7-5-6-12-22-17)10-11-20(19)25(15)29(27,28)18-8-3-2-4-9-18/h2-13H,14H2,1H3,(H,23,26). The number of nitrogens with zero attached hydrogens (tertiary/aromatic N) is 3. The molecule has 0 bridgehead atoms. The van der Waals surface area contributed by atoms with E-state index in [-0.39, 0.29) is 10.8 Å². The Balaban J connectivity index is 1.66. The third-order valence-electron chi connectivity index (χ3n) is 4.47. The normalized spacial score (nSPS) is 11.5. The number of amides is 1. The van der Waals surface area contributed by atoms with Gasteiger partial charge in [0, 0.05) is 11.8 Å². The van der Waals surface area contributed by atoms with Crippen LogP contribution in [0.25, 0.3) is 11.0 Å². The topological polar surface area (TPSA) is 93.9 Å². The van der Waals surface area contributed by atoms with Crippen molar-refractivity contribution in [3.63, 3.8) is 0 Å². The van der Waals surface area contributed by atoms with Crippen LogP contribution in [0, 0.1) is 6.92 Å². The zero-order valence-electron chi connectivity index (χ0n) is 15.6. The summed E-state index contributed by atoms with van der Waals surface area (Å²) in [5, 5.41) is 2.80. The van der Waals surface area contributed by atoms with Crippen LogP contribution in [0.1, 0.15) is 21.9 Å². The van der Waals surface area contributed by atoms with Crippen LogP contribution in [0.5, 0.6) is 0 Å². The molecule has 0 radical (unpaired) electrons. The molecule has 0 spiro atoms. The van der Waals surface area contributed by atoms with Gasteiger partial charge in [-0.2, -0.15) is 0 Å². The summed E-state index contributed by atoms with van der Waals surface area (Å²) < 4.78 is 27.3. The molecule has 29 heavy (non-hydrogen) atoms. The van der Waals surface area contributed by atoms with Crippen LogP contribution >= 0.6 is 0 Å². The predicted octanol–water partition coefficient (Wildman–Crippen LogP) is 2.91. The van der Waals surface area contributed by atoms with E-state index in [1.165, 1.54) is 3.97 Å². The van der Waals surface area contributed by atoms with Crippen molar-refractivity contribution < 1.29 is 13.2 Å². The van der Waals surface area contributed by atoms with E-state index in [1.807, 2.05) is 12.1 Å². The lowest BCUT2D eigenvalue weighted by Crippen LogP contribution is -2.23. The molecule has 7 nitrogen and oxygen atoms in total. The molecule has 0 saturated carbocycles. The molecule has 0 atom stereocenters. The van der Waals surface area contributed by atoms with E-state index in [4.69, 9.17) is 0 Å². The minimum atomic E-state index is -3.79. The number of hydrogen-bond acceptors (Lipinski definition) is 5. The summed E-state index contributed by atoms with van der Waals surface area (Å²) >= 11 is 0. The third kappa shape index (κ3) is 3.62. The van der Waals surface area contributed by atoms with Gasteiger partial charge in [-0.05, 0) is 49.4 Å². The quantitative estimate of drug-likeness (QED) is 0.550. The molecular weight excluding hydrogens is 388 g/mol. The number of nitrogens with one attached hydrogen (secondary N) is 1. The number of rotatable bonds is 5. The molecule has 2 aromatic carbocycles. The van der Waals surface area contributed by atoms with Gasteiger partial charge >= 0.3 is 0 Å². The average Bonchev–Trinajstić information content (AvgIpc) is 3.09. The lowest BCUT2D eigenvalue weighted by atomic mass is 10.2. The van der Waals surface area contributed by atoms with Gasteiger partial charge in [0.25, 0.3) is 15.9 Å². The number of pyridine rings is 1. The molecule has 0 aliphatic carbocycles. The summed E-state index contributed by atoms with van der Waals surface area (Å²) in [6.45, 7) is 1.93. The minimum absolute atomic E-state index is 0.180. The number of carbonyl (C=O) groups is 1. The largest absolute Gasteiger partial charge is 0.346 e. The zero-order chi connectivity index (χ0) is 20.4. The highest BCUT2D eigenvalue weighted by Gasteiger charge is 2.22. The monoisotopic (exact) mass is 406 g/mol. The first-order chi connectivity index (χ1) is 14.0. The van der Waals surface area contributed by atoms with Gasteiger partial charge in [-0.3, -0.25) is 9.78 Å². The molecule has 4 aromatic rings. The first-order valence-corrected chi connectivity index (χ1v) is 10.4. The fraction of sp³-hybridized carbons (Fsp3) is 0.0952. The van der Waals surface area contributed by atoms with Crippen LogP contribution < -0.4 is 5.32 Å². The number of benzene rings is 2. The fourth-order valence-corrected chi connectivity index (χ4v) is 4.61. The maximum atomic E-state index is 13.0. The van der Waals surface area contributed by atoms with E-state index in [2.05, 4.69) is 15.3 Å². The second-order valence-electron chi connectivity index (χ2n) is 6.45. The molecule has 8 heteroatoms. The number of fused-ring (bicyclic) bond motifs is 1. The van der Waals surface area contributed by atoms with Crippen molar-refractivity contribution in [1.29, 1.82) is 0 Å². The summed E-state index contributed by atoms with van der Waals surface area (Å²) in [6.07, 6.45) is 1.66. The summed E-state index contributed by atoms with van der Waals surface area (Å²) in [5.74, 6) is 0.0468. The Hall–Kier alpha value is -3.52. The van der Waals surface area contributed by atoms with Gasteiger partial charge in [0.15, 0.2) is 0 Å². The van der Waals surface area contributed by atoms with Crippen molar-refractivity contribution in [3.8, 4) is 0 Å². The van der Waals surface area contributed by atoms with Gasteiger partial charge in [-0.15, -0.1) is 0 Å². The molecule has 2 aromatic heterocycles. The van der Waals surface area contributed by atoms with E-state index in [1.54, 1.807) is 67.7 Å². The molecule has 1 N–H and O–H groups in total. The van der Waals surface area contributed by atoms with Crippen LogP contribution in [-0.4, -0.2) is 28.3 Å². The summed E-state index contributed by atoms with van der Waals surface area (Å²) in [7, 11) is -3.79. The van der Waals surface area contributed by atoms with Crippen LogP contribution in [0.15, 0.2) is 77.8 Å². The van der Waals surface area contributed by atoms with Crippen LogP contribution in [0.4, 0.5) is 0 Å². The Bertz CT molecular complexity index is 1280. The lowest BCUT2D eigenvalue weighted by molar-refractivity contribution is 0.0950. The Morgan fingerprint density at radius 3 is 2.52 bits per heavy atom. The highest BCUT2D eigenvalue weighted by Crippen LogP contribution is 2.23. The van der Waals surface area contributed by atoms with Crippen LogP contribution in [-0.2, 0) is 16.6 Å². The third-order valence-corrected chi connectivity index (χ3v) is 6.28.